The molecule has 18 heavy (non-hydrogen) atoms. The molecule has 90 valence electrons. The number of nitrogens with zero attached hydrogens (tertiary/aromatic N) is 2. The number of fused-ring (bicyclic) bond motifs is 1. The van der Waals surface area contributed by atoms with Gasteiger partial charge in [-0.3, -0.25) is 0 Å². The average Bonchev–Trinajstić information content (AvgIpc) is 2.93. The van der Waals surface area contributed by atoms with Crippen LogP contribution in [0.2, 0.25) is 0 Å². The van der Waals surface area contributed by atoms with Gasteiger partial charge in [0.25, 0.3) is 0 Å². The molecule has 0 saturated heterocycles. The number of oxazole rings is 1. The third kappa shape index (κ3) is 1.60. The van der Waals surface area contributed by atoms with Gasteiger partial charge < -0.3 is 14.0 Å². The van der Waals surface area contributed by atoms with Gasteiger partial charge in [0.05, 0.1) is 0 Å². The monoisotopic (exact) mass is 308 g/mol. The summed E-state index contributed by atoms with van der Waals surface area (Å²) in [6.07, 6.45) is 1.34. The molecule has 6 nitrogen and oxygen atoms in total. The van der Waals surface area contributed by atoms with Crippen molar-refractivity contribution in [3.05, 3.63) is 34.8 Å². The Morgan fingerprint density at radius 2 is 2.22 bits per heavy atom. The second-order valence-corrected chi connectivity index (χ2v) is 4.31. The minimum Gasteiger partial charge on any atom is -0.476 e. The second kappa shape index (κ2) is 3.95. The van der Waals surface area contributed by atoms with Gasteiger partial charge in [-0.2, -0.15) is 0 Å². The fraction of sp³-hybridized carbons (Fsp3) is 0. The molecule has 0 saturated carbocycles. The largest absolute Gasteiger partial charge is 0.476 e. The van der Waals surface area contributed by atoms with Crippen LogP contribution in [0, 0.1) is 0 Å². The summed E-state index contributed by atoms with van der Waals surface area (Å²) < 4.78 is 10.5. The van der Waals surface area contributed by atoms with Crippen LogP contribution >= 0.6 is 15.9 Å². The van der Waals surface area contributed by atoms with Crippen LogP contribution in [0.25, 0.3) is 22.4 Å². The van der Waals surface area contributed by atoms with Crippen LogP contribution in [-0.2, 0) is 0 Å². The minimum atomic E-state index is -1.15. The predicted molar refractivity (Wildman–Crippen MR) is 64.2 cm³/mol. The third-order valence-electron chi connectivity index (χ3n) is 2.43. The molecule has 0 unspecified atom stereocenters. The number of carboxylic acid groups (broad SMARTS) is 1. The molecule has 0 aliphatic rings. The van der Waals surface area contributed by atoms with Crippen LogP contribution < -0.4 is 0 Å². The van der Waals surface area contributed by atoms with Crippen LogP contribution in [-0.4, -0.2) is 21.2 Å². The van der Waals surface area contributed by atoms with Crippen molar-refractivity contribution in [3.8, 4) is 11.3 Å². The molecule has 0 aliphatic heterocycles. The molecule has 0 bridgehead atoms. The van der Waals surface area contributed by atoms with Gasteiger partial charge in [0.15, 0.2) is 17.7 Å². The maximum absolute atomic E-state index is 10.9. The Balaban J connectivity index is 2.16. The smallest absolute Gasteiger partial charge is 0.359 e. The van der Waals surface area contributed by atoms with Crippen molar-refractivity contribution in [2.75, 3.05) is 0 Å². The van der Waals surface area contributed by atoms with Crippen molar-refractivity contribution in [1.29, 1.82) is 0 Å². The maximum atomic E-state index is 10.9. The number of aromatic carboxylic acids is 1. The van der Waals surface area contributed by atoms with E-state index in [9.17, 15) is 4.79 Å². The van der Waals surface area contributed by atoms with E-state index >= 15 is 0 Å². The fourth-order valence-electron chi connectivity index (χ4n) is 1.59. The molecule has 1 aromatic carbocycles. The molecule has 2 heterocycles. The zero-order chi connectivity index (χ0) is 12.7. The van der Waals surface area contributed by atoms with E-state index in [1.54, 1.807) is 18.2 Å². The number of aromatic nitrogens is 2. The van der Waals surface area contributed by atoms with Gasteiger partial charge in [0, 0.05) is 5.56 Å². The SMILES string of the molecule is O=C(O)c1noc(-c2ccc3ncoc3c2)c1Br. The van der Waals surface area contributed by atoms with Gasteiger partial charge in [-0.15, -0.1) is 0 Å². The maximum Gasteiger partial charge on any atom is 0.359 e. The number of carboxylic acids is 1. The summed E-state index contributed by atoms with van der Waals surface area (Å²) in [5, 5.41) is 12.4. The predicted octanol–water partition coefficient (Wildman–Crippen LogP) is 2.94. The van der Waals surface area contributed by atoms with Gasteiger partial charge in [0.1, 0.15) is 9.99 Å². The highest BCUT2D eigenvalue weighted by atomic mass is 79.9. The van der Waals surface area contributed by atoms with Crippen LogP contribution in [0.3, 0.4) is 0 Å². The summed E-state index contributed by atoms with van der Waals surface area (Å²) >= 11 is 3.16. The van der Waals surface area contributed by atoms with Gasteiger partial charge in [-0.25, -0.2) is 9.78 Å². The summed E-state index contributed by atoms with van der Waals surface area (Å²) in [7, 11) is 0. The summed E-state index contributed by atoms with van der Waals surface area (Å²) in [5.41, 5.74) is 1.80. The van der Waals surface area contributed by atoms with Crippen molar-refractivity contribution in [2.45, 2.75) is 0 Å². The molecule has 0 atom stereocenters. The first-order chi connectivity index (χ1) is 8.66. The normalized spacial score (nSPS) is 10.9. The van der Waals surface area contributed by atoms with E-state index < -0.39 is 5.97 Å². The molecule has 0 aliphatic carbocycles. The van der Waals surface area contributed by atoms with Crippen molar-refractivity contribution < 1.29 is 18.8 Å². The van der Waals surface area contributed by atoms with Crippen molar-refractivity contribution in [2.24, 2.45) is 0 Å². The van der Waals surface area contributed by atoms with E-state index in [1.807, 2.05) is 0 Å². The number of halogens is 1. The summed E-state index contributed by atoms with van der Waals surface area (Å²) in [4.78, 5) is 14.8. The summed E-state index contributed by atoms with van der Waals surface area (Å²) in [5.74, 6) is -0.816. The van der Waals surface area contributed by atoms with E-state index in [0.29, 0.717) is 26.9 Å². The Kier molecular flexibility index (Phi) is 2.41. The van der Waals surface area contributed by atoms with Crippen LogP contribution in [0.1, 0.15) is 10.5 Å². The molecule has 7 heteroatoms. The van der Waals surface area contributed by atoms with Crippen LogP contribution in [0.15, 0.2) is 38.0 Å². The zero-order valence-corrected chi connectivity index (χ0v) is 10.3. The zero-order valence-electron chi connectivity index (χ0n) is 8.75. The molecule has 3 rings (SSSR count). The minimum absolute atomic E-state index is 0.164. The molecular weight excluding hydrogens is 304 g/mol. The highest BCUT2D eigenvalue weighted by Crippen LogP contribution is 2.32. The number of hydrogen-bond acceptors (Lipinski definition) is 5. The average molecular weight is 309 g/mol. The van der Waals surface area contributed by atoms with Crippen molar-refractivity contribution >= 4 is 33.0 Å². The van der Waals surface area contributed by atoms with Gasteiger partial charge in [-0.1, -0.05) is 5.16 Å². The third-order valence-corrected chi connectivity index (χ3v) is 3.17. The lowest BCUT2D eigenvalue weighted by molar-refractivity contribution is 0.0685. The number of hydrogen-bond donors (Lipinski definition) is 1. The van der Waals surface area contributed by atoms with E-state index in [0.717, 1.165) is 0 Å². The molecule has 3 aromatic rings. The van der Waals surface area contributed by atoms with Crippen LogP contribution in [0.5, 0.6) is 0 Å². The summed E-state index contributed by atoms with van der Waals surface area (Å²) in [6, 6.07) is 5.21. The van der Waals surface area contributed by atoms with Crippen molar-refractivity contribution in [3.63, 3.8) is 0 Å². The Morgan fingerprint density at radius 3 is 2.94 bits per heavy atom. The number of carbonyl (C=O) groups is 1. The molecule has 0 fully saturated rings. The highest BCUT2D eigenvalue weighted by Gasteiger charge is 2.20. The van der Waals surface area contributed by atoms with Gasteiger partial charge >= 0.3 is 5.97 Å². The van der Waals surface area contributed by atoms with E-state index in [1.165, 1.54) is 6.39 Å². The molecular formula is C11H5BrN2O4. The first-order valence-corrected chi connectivity index (χ1v) is 5.68. The molecule has 2 aromatic heterocycles. The standard InChI is InChI=1S/C11H5BrN2O4/c12-8-9(11(15)16)14-18-10(8)5-1-2-6-7(3-5)17-4-13-6/h1-4H,(H,15,16). The van der Waals surface area contributed by atoms with E-state index in [-0.39, 0.29) is 5.69 Å². The lowest BCUT2D eigenvalue weighted by atomic mass is 10.1. The van der Waals surface area contributed by atoms with Gasteiger partial charge in [0.2, 0.25) is 5.69 Å². The lowest BCUT2D eigenvalue weighted by Crippen LogP contribution is -1.96. The Morgan fingerprint density at radius 1 is 1.39 bits per heavy atom. The summed E-state index contributed by atoms with van der Waals surface area (Å²) in [6.45, 7) is 0. The molecule has 1 N–H and O–H groups in total. The Labute approximate surface area is 108 Å². The number of rotatable bonds is 2. The topological polar surface area (TPSA) is 89.4 Å². The quantitative estimate of drug-likeness (QED) is 0.783. The first kappa shape index (κ1) is 11.0. The lowest BCUT2D eigenvalue weighted by Gasteiger charge is -1.95. The molecule has 0 radical (unpaired) electrons. The van der Waals surface area contributed by atoms with E-state index in [2.05, 4.69) is 26.1 Å². The fourth-order valence-corrected chi connectivity index (χ4v) is 2.13. The number of benzene rings is 1. The second-order valence-electron chi connectivity index (χ2n) is 3.51. The first-order valence-electron chi connectivity index (χ1n) is 4.89. The van der Waals surface area contributed by atoms with E-state index in [4.69, 9.17) is 14.0 Å². The Hall–Kier alpha value is -2.15. The molecule has 0 spiro atoms. The molecule has 0 amide bonds. The highest BCUT2D eigenvalue weighted by molar-refractivity contribution is 9.10. The Bertz CT molecular complexity index is 746. The van der Waals surface area contributed by atoms with Gasteiger partial charge in [-0.05, 0) is 34.1 Å². The van der Waals surface area contributed by atoms with Crippen molar-refractivity contribution in [1.82, 2.24) is 10.1 Å². The van der Waals surface area contributed by atoms with Crippen LogP contribution in [0.4, 0.5) is 0 Å².